The molecule has 0 fully saturated rings. The Kier molecular flexibility index (Phi) is 4.65. The van der Waals surface area contributed by atoms with Crippen molar-refractivity contribution < 1.29 is 9.50 Å². The van der Waals surface area contributed by atoms with Crippen LogP contribution in [0.25, 0.3) is 38.8 Å². The van der Waals surface area contributed by atoms with Gasteiger partial charge in [0.25, 0.3) is 0 Å². The maximum atomic E-state index is 13.7. The van der Waals surface area contributed by atoms with Crippen LogP contribution in [0.1, 0.15) is 25.1 Å². The lowest BCUT2D eigenvalue weighted by molar-refractivity contribution is 0.0783. The lowest BCUT2D eigenvalue weighted by atomic mass is 9.96. The Labute approximate surface area is 188 Å². The second-order valence-corrected chi connectivity index (χ2v) is 8.66. The summed E-state index contributed by atoms with van der Waals surface area (Å²) in [6.07, 6.45) is 5.04. The van der Waals surface area contributed by atoms with Gasteiger partial charge in [0.2, 0.25) is 5.95 Å². The van der Waals surface area contributed by atoms with Crippen LogP contribution in [0.5, 0.6) is 0 Å². The number of hydrogen-bond donors (Lipinski definition) is 1. The van der Waals surface area contributed by atoms with E-state index in [1.54, 1.807) is 57.0 Å². The van der Waals surface area contributed by atoms with Gasteiger partial charge in [0, 0.05) is 36.0 Å². The summed E-state index contributed by atoms with van der Waals surface area (Å²) < 4.78 is 16.7. The fraction of sp³-hybridized carbons (Fsp3) is 0.200. The van der Waals surface area contributed by atoms with Gasteiger partial charge in [-0.15, -0.1) is 0 Å². The highest BCUT2D eigenvalue weighted by Crippen LogP contribution is 2.31. The number of nitrogens with zero attached hydrogens (tertiary/aromatic N) is 5. The van der Waals surface area contributed by atoms with Gasteiger partial charge >= 0.3 is 5.69 Å². The maximum absolute atomic E-state index is 13.7. The van der Waals surface area contributed by atoms with E-state index in [0.29, 0.717) is 33.5 Å². The first-order valence-corrected chi connectivity index (χ1v) is 10.5. The Morgan fingerprint density at radius 3 is 2.55 bits per heavy atom. The number of imidazole rings is 1. The van der Waals surface area contributed by atoms with Gasteiger partial charge < -0.3 is 5.11 Å². The van der Waals surface area contributed by atoms with E-state index in [1.165, 1.54) is 10.6 Å². The van der Waals surface area contributed by atoms with Crippen molar-refractivity contribution in [3.63, 3.8) is 0 Å². The third-order valence-corrected chi connectivity index (χ3v) is 5.93. The second kappa shape index (κ2) is 7.31. The summed E-state index contributed by atoms with van der Waals surface area (Å²) in [5, 5.41) is 11.2. The number of aromatic nitrogens is 5. The standard InChI is InChI=1S/C25H22FN5O2/c1-14-20(7-8-22(26)29-14)31-23-18-10-15(16-9-17(12-27-11-16)25(2,3)33)5-6-19(18)28-13-21(23)30(4)24(31)32/h5-13,33H,1-4H3. The normalized spacial score (nSPS) is 12.1. The van der Waals surface area contributed by atoms with Crippen molar-refractivity contribution in [1.29, 1.82) is 0 Å². The number of fused-ring (bicyclic) bond motifs is 3. The van der Waals surface area contributed by atoms with Crippen molar-refractivity contribution >= 4 is 21.9 Å². The molecule has 0 aliphatic heterocycles. The summed E-state index contributed by atoms with van der Waals surface area (Å²) in [5.74, 6) is -0.600. The molecule has 5 rings (SSSR count). The van der Waals surface area contributed by atoms with Crippen molar-refractivity contribution in [2.45, 2.75) is 26.4 Å². The van der Waals surface area contributed by atoms with Gasteiger partial charge in [0.15, 0.2) is 0 Å². The molecule has 7 nitrogen and oxygen atoms in total. The number of halogens is 1. The lowest BCUT2D eigenvalue weighted by Gasteiger charge is -2.18. The van der Waals surface area contributed by atoms with Crippen molar-refractivity contribution in [1.82, 2.24) is 24.1 Å². The molecule has 8 heteroatoms. The first-order valence-electron chi connectivity index (χ1n) is 10.5. The van der Waals surface area contributed by atoms with Crippen LogP contribution in [0.15, 0.2) is 59.8 Å². The van der Waals surface area contributed by atoms with Crippen LogP contribution >= 0.6 is 0 Å². The summed E-state index contributed by atoms with van der Waals surface area (Å²) in [6.45, 7) is 5.10. The molecule has 0 bridgehead atoms. The number of aryl methyl sites for hydroxylation is 2. The molecule has 0 atom stereocenters. The number of pyridine rings is 3. The maximum Gasteiger partial charge on any atom is 0.333 e. The molecule has 0 unspecified atom stereocenters. The molecule has 0 aliphatic rings. The molecule has 1 aromatic carbocycles. The zero-order valence-corrected chi connectivity index (χ0v) is 18.7. The van der Waals surface area contributed by atoms with Crippen molar-refractivity contribution in [3.05, 3.63) is 82.7 Å². The molecule has 0 saturated carbocycles. The van der Waals surface area contributed by atoms with E-state index in [1.807, 2.05) is 24.3 Å². The van der Waals surface area contributed by atoms with E-state index in [9.17, 15) is 14.3 Å². The molecule has 166 valence electrons. The molecule has 4 aromatic heterocycles. The molecule has 0 radical (unpaired) electrons. The molecule has 0 aliphatic carbocycles. The molecule has 4 heterocycles. The largest absolute Gasteiger partial charge is 0.386 e. The Morgan fingerprint density at radius 1 is 1.03 bits per heavy atom. The fourth-order valence-corrected chi connectivity index (χ4v) is 4.09. The van der Waals surface area contributed by atoms with Gasteiger partial charge in [-0.25, -0.2) is 9.78 Å². The third-order valence-electron chi connectivity index (χ3n) is 5.93. The first-order chi connectivity index (χ1) is 15.6. The van der Waals surface area contributed by atoms with Crippen molar-refractivity contribution in [2.75, 3.05) is 0 Å². The molecule has 0 amide bonds. The average Bonchev–Trinajstić information content (AvgIpc) is 3.04. The van der Waals surface area contributed by atoms with Gasteiger partial charge in [0.05, 0.1) is 39.7 Å². The molecule has 0 saturated heterocycles. The summed E-state index contributed by atoms with van der Waals surface area (Å²) in [4.78, 5) is 26.0. The fourth-order valence-electron chi connectivity index (χ4n) is 4.09. The minimum absolute atomic E-state index is 0.271. The summed E-state index contributed by atoms with van der Waals surface area (Å²) in [6, 6.07) is 10.5. The number of benzene rings is 1. The number of hydrogen-bond acceptors (Lipinski definition) is 5. The number of rotatable bonds is 3. The SMILES string of the molecule is Cc1nc(F)ccc1-n1c(=O)n(C)c2cnc3ccc(-c4cncc(C(C)(C)O)c4)cc3c21. The summed E-state index contributed by atoms with van der Waals surface area (Å²) in [7, 11) is 1.68. The quantitative estimate of drug-likeness (QED) is 0.426. The second-order valence-electron chi connectivity index (χ2n) is 8.66. The van der Waals surface area contributed by atoms with Crippen LogP contribution in [-0.2, 0) is 12.6 Å². The third kappa shape index (κ3) is 3.39. The van der Waals surface area contributed by atoms with Crippen molar-refractivity contribution in [3.8, 4) is 16.8 Å². The van der Waals surface area contributed by atoms with Crippen LogP contribution in [0.3, 0.4) is 0 Å². The van der Waals surface area contributed by atoms with E-state index >= 15 is 0 Å². The molecule has 33 heavy (non-hydrogen) atoms. The average molecular weight is 443 g/mol. The van der Waals surface area contributed by atoms with Crippen LogP contribution < -0.4 is 5.69 Å². The molecule has 0 spiro atoms. The molecular weight excluding hydrogens is 421 g/mol. The Hall–Kier alpha value is -3.91. The Bertz CT molecular complexity index is 1610. The minimum atomic E-state index is -1.03. The highest BCUT2D eigenvalue weighted by Gasteiger charge is 2.20. The predicted octanol–water partition coefficient (Wildman–Crippen LogP) is 4.01. The predicted molar refractivity (Wildman–Crippen MR) is 125 cm³/mol. The highest BCUT2D eigenvalue weighted by atomic mass is 19.1. The van der Waals surface area contributed by atoms with E-state index < -0.39 is 11.5 Å². The smallest absolute Gasteiger partial charge is 0.333 e. The van der Waals surface area contributed by atoms with Crippen LogP contribution in [0.2, 0.25) is 0 Å². The number of aliphatic hydroxyl groups is 1. The minimum Gasteiger partial charge on any atom is -0.386 e. The van der Waals surface area contributed by atoms with Crippen LogP contribution in [0, 0.1) is 12.9 Å². The van der Waals surface area contributed by atoms with Gasteiger partial charge in [-0.05, 0) is 56.7 Å². The zero-order valence-electron chi connectivity index (χ0n) is 18.7. The summed E-state index contributed by atoms with van der Waals surface area (Å²) in [5.41, 5.74) is 4.04. The van der Waals surface area contributed by atoms with E-state index in [0.717, 1.165) is 16.5 Å². The van der Waals surface area contributed by atoms with Crippen molar-refractivity contribution in [2.24, 2.45) is 7.05 Å². The molecule has 1 N–H and O–H groups in total. The molecular formula is C25H22FN5O2. The van der Waals surface area contributed by atoms with Gasteiger partial charge in [-0.3, -0.25) is 19.1 Å². The van der Waals surface area contributed by atoms with Crippen LogP contribution in [-0.4, -0.2) is 29.2 Å². The van der Waals surface area contributed by atoms with Gasteiger partial charge in [-0.1, -0.05) is 6.07 Å². The van der Waals surface area contributed by atoms with E-state index in [2.05, 4.69) is 15.0 Å². The molecule has 5 aromatic rings. The van der Waals surface area contributed by atoms with Crippen LogP contribution in [0.4, 0.5) is 4.39 Å². The Morgan fingerprint density at radius 2 is 1.82 bits per heavy atom. The lowest BCUT2D eigenvalue weighted by Crippen LogP contribution is -2.21. The highest BCUT2D eigenvalue weighted by molar-refractivity contribution is 6.04. The van der Waals surface area contributed by atoms with E-state index in [4.69, 9.17) is 0 Å². The monoisotopic (exact) mass is 443 g/mol. The van der Waals surface area contributed by atoms with Gasteiger partial charge in [-0.2, -0.15) is 4.39 Å². The zero-order chi connectivity index (χ0) is 23.5. The topological polar surface area (TPSA) is 85.8 Å². The first kappa shape index (κ1) is 21.0. The Balaban J connectivity index is 1.83. The summed E-state index contributed by atoms with van der Waals surface area (Å²) >= 11 is 0. The van der Waals surface area contributed by atoms with Gasteiger partial charge in [0.1, 0.15) is 0 Å². The van der Waals surface area contributed by atoms with E-state index in [-0.39, 0.29) is 5.69 Å².